The minimum atomic E-state index is -3.65. The van der Waals surface area contributed by atoms with Crippen LogP contribution in [0.15, 0.2) is 23.1 Å². The molecule has 0 spiro atoms. The van der Waals surface area contributed by atoms with Gasteiger partial charge in [-0.3, -0.25) is 4.79 Å². The van der Waals surface area contributed by atoms with E-state index in [4.69, 9.17) is 4.74 Å². The molecule has 1 N–H and O–H groups in total. The molecule has 172 valence electrons. The van der Waals surface area contributed by atoms with Gasteiger partial charge in [-0.05, 0) is 69.1 Å². The smallest absolute Gasteiger partial charge is 0.253 e. The van der Waals surface area contributed by atoms with Crippen molar-refractivity contribution in [3.8, 4) is 0 Å². The SMILES string of the molecule is CC1CCC(NC(=O)c2cc(S(=O)(=O)N3CCOCC3)ccc2N2CCCCC2)CC1. The third-order valence-electron chi connectivity index (χ3n) is 6.87. The van der Waals surface area contributed by atoms with Gasteiger partial charge in [0.15, 0.2) is 0 Å². The molecular formula is C23H35N3O4S. The number of nitrogens with zero attached hydrogens (tertiary/aromatic N) is 2. The molecule has 2 aliphatic heterocycles. The summed E-state index contributed by atoms with van der Waals surface area (Å²) in [4.78, 5) is 15.8. The van der Waals surface area contributed by atoms with E-state index < -0.39 is 10.0 Å². The molecule has 1 aromatic rings. The number of carbonyl (C=O) groups excluding carboxylic acids is 1. The Kier molecular flexibility index (Phi) is 7.19. The Morgan fingerprint density at radius 1 is 1.00 bits per heavy atom. The second-order valence-corrected chi connectivity index (χ2v) is 11.1. The molecule has 1 aliphatic carbocycles. The van der Waals surface area contributed by atoms with Crippen molar-refractivity contribution in [3.05, 3.63) is 23.8 Å². The first-order valence-electron chi connectivity index (χ1n) is 11.7. The second kappa shape index (κ2) is 9.88. The van der Waals surface area contributed by atoms with Crippen molar-refractivity contribution in [2.45, 2.75) is 62.8 Å². The lowest BCUT2D eigenvalue weighted by molar-refractivity contribution is 0.0730. The largest absolute Gasteiger partial charge is 0.379 e. The molecule has 7 nitrogen and oxygen atoms in total. The Hall–Kier alpha value is -1.64. The first-order valence-corrected chi connectivity index (χ1v) is 13.2. The number of piperidine rings is 1. The number of benzene rings is 1. The highest BCUT2D eigenvalue weighted by Gasteiger charge is 2.29. The summed E-state index contributed by atoms with van der Waals surface area (Å²) in [6, 6.07) is 5.25. The maximum atomic E-state index is 13.3. The minimum Gasteiger partial charge on any atom is -0.379 e. The maximum Gasteiger partial charge on any atom is 0.253 e. The second-order valence-electron chi connectivity index (χ2n) is 9.17. The van der Waals surface area contributed by atoms with Crippen LogP contribution in [0.1, 0.15) is 62.2 Å². The van der Waals surface area contributed by atoms with E-state index >= 15 is 0 Å². The highest BCUT2D eigenvalue weighted by atomic mass is 32.2. The fourth-order valence-electron chi connectivity index (χ4n) is 4.87. The number of morpholine rings is 1. The van der Waals surface area contributed by atoms with Crippen molar-refractivity contribution in [2.24, 2.45) is 5.92 Å². The lowest BCUT2D eigenvalue weighted by Gasteiger charge is -2.32. The zero-order valence-corrected chi connectivity index (χ0v) is 19.3. The van der Waals surface area contributed by atoms with Gasteiger partial charge in [0.25, 0.3) is 5.91 Å². The monoisotopic (exact) mass is 449 g/mol. The summed E-state index contributed by atoms with van der Waals surface area (Å²) < 4.78 is 33.2. The van der Waals surface area contributed by atoms with E-state index in [0.29, 0.717) is 37.8 Å². The highest BCUT2D eigenvalue weighted by molar-refractivity contribution is 7.89. The van der Waals surface area contributed by atoms with Gasteiger partial charge >= 0.3 is 0 Å². The van der Waals surface area contributed by atoms with E-state index in [1.807, 2.05) is 6.07 Å². The van der Waals surface area contributed by atoms with Crippen LogP contribution < -0.4 is 10.2 Å². The average Bonchev–Trinajstić information content (AvgIpc) is 2.81. The van der Waals surface area contributed by atoms with Gasteiger partial charge in [0, 0.05) is 37.9 Å². The fourth-order valence-corrected chi connectivity index (χ4v) is 6.31. The topological polar surface area (TPSA) is 79.0 Å². The molecule has 1 amide bonds. The van der Waals surface area contributed by atoms with Crippen LogP contribution in [0, 0.1) is 5.92 Å². The summed E-state index contributed by atoms with van der Waals surface area (Å²) in [5, 5.41) is 3.20. The zero-order chi connectivity index (χ0) is 21.8. The van der Waals surface area contributed by atoms with Crippen LogP contribution in [0.3, 0.4) is 0 Å². The number of sulfonamides is 1. The lowest BCUT2D eigenvalue weighted by Crippen LogP contribution is -2.41. The van der Waals surface area contributed by atoms with Crippen molar-refractivity contribution in [1.82, 2.24) is 9.62 Å². The summed E-state index contributed by atoms with van der Waals surface area (Å²) >= 11 is 0. The fraction of sp³-hybridized carbons (Fsp3) is 0.696. The quantitative estimate of drug-likeness (QED) is 0.748. The third kappa shape index (κ3) is 5.23. The molecule has 8 heteroatoms. The van der Waals surface area contributed by atoms with Gasteiger partial charge in [0.2, 0.25) is 10.0 Å². The Morgan fingerprint density at radius 2 is 1.68 bits per heavy atom. The van der Waals surface area contributed by atoms with Gasteiger partial charge in [-0.25, -0.2) is 8.42 Å². The van der Waals surface area contributed by atoms with Crippen LogP contribution in [-0.2, 0) is 14.8 Å². The highest BCUT2D eigenvalue weighted by Crippen LogP contribution is 2.30. The first kappa shape index (κ1) is 22.6. The maximum absolute atomic E-state index is 13.3. The summed E-state index contributed by atoms with van der Waals surface area (Å²) in [6.07, 6.45) is 7.59. The van der Waals surface area contributed by atoms with E-state index in [2.05, 4.69) is 17.1 Å². The van der Waals surface area contributed by atoms with E-state index in [9.17, 15) is 13.2 Å². The van der Waals surface area contributed by atoms with E-state index in [-0.39, 0.29) is 16.8 Å². The Balaban J connectivity index is 1.62. The summed E-state index contributed by atoms with van der Waals surface area (Å²) in [5.74, 6) is 0.554. The molecule has 0 atom stereocenters. The van der Waals surface area contributed by atoms with Crippen LogP contribution in [0.4, 0.5) is 5.69 Å². The number of anilines is 1. The number of nitrogens with one attached hydrogen (secondary N) is 1. The Bertz CT molecular complexity index is 869. The van der Waals surface area contributed by atoms with Crippen molar-refractivity contribution < 1.29 is 17.9 Å². The van der Waals surface area contributed by atoms with Gasteiger partial charge in [-0.2, -0.15) is 4.31 Å². The number of ether oxygens (including phenoxy) is 1. The van der Waals surface area contributed by atoms with Gasteiger partial charge in [-0.1, -0.05) is 6.92 Å². The van der Waals surface area contributed by atoms with Crippen molar-refractivity contribution in [2.75, 3.05) is 44.3 Å². The van der Waals surface area contributed by atoms with E-state index in [1.165, 1.54) is 10.7 Å². The molecular weight excluding hydrogens is 414 g/mol. The summed E-state index contributed by atoms with van der Waals surface area (Å²) in [5.41, 5.74) is 1.33. The van der Waals surface area contributed by atoms with Gasteiger partial charge < -0.3 is 15.0 Å². The molecule has 0 radical (unpaired) electrons. The predicted octanol–water partition coefficient (Wildman–Crippen LogP) is 3.01. The first-order chi connectivity index (χ1) is 14.9. The van der Waals surface area contributed by atoms with Crippen LogP contribution in [0.5, 0.6) is 0 Å². The Labute approximate surface area is 186 Å². The number of carbonyl (C=O) groups is 1. The van der Waals surface area contributed by atoms with Crippen LogP contribution in [0.2, 0.25) is 0 Å². The lowest BCUT2D eigenvalue weighted by atomic mass is 9.87. The third-order valence-corrected chi connectivity index (χ3v) is 8.76. The molecule has 1 aromatic carbocycles. The molecule has 0 bridgehead atoms. The van der Waals surface area contributed by atoms with Gasteiger partial charge in [0.05, 0.1) is 23.7 Å². The summed E-state index contributed by atoms with van der Waals surface area (Å²) in [7, 11) is -3.65. The predicted molar refractivity (Wildman–Crippen MR) is 121 cm³/mol. The van der Waals surface area contributed by atoms with Crippen LogP contribution >= 0.6 is 0 Å². The van der Waals surface area contributed by atoms with Crippen LogP contribution in [0.25, 0.3) is 0 Å². The molecule has 0 aromatic heterocycles. The molecule has 4 rings (SSSR count). The molecule has 0 unspecified atom stereocenters. The molecule has 31 heavy (non-hydrogen) atoms. The van der Waals surface area contributed by atoms with E-state index in [1.54, 1.807) is 12.1 Å². The normalized spacial score (nSPS) is 25.9. The van der Waals surface area contributed by atoms with Crippen molar-refractivity contribution in [3.63, 3.8) is 0 Å². The van der Waals surface area contributed by atoms with Gasteiger partial charge in [-0.15, -0.1) is 0 Å². The molecule has 3 aliphatic rings. The van der Waals surface area contributed by atoms with E-state index in [0.717, 1.165) is 57.3 Å². The van der Waals surface area contributed by atoms with Gasteiger partial charge in [0.1, 0.15) is 0 Å². The summed E-state index contributed by atoms with van der Waals surface area (Å²) in [6.45, 7) is 5.55. The van der Waals surface area contributed by atoms with Crippen LogP contribution in [-0.4, -0.2) is 64.1 Å². The zero-order valence-electron chi connectivity index (χ0n) is 18.5. The molecule has 2 heterocycles. The molecule has 2 saturated heterocycles. The molecule has 3 fully saturated rings. The standard InChI is InChI=1S/C23H35N3O4S/c1-18-5-7-19(8-6-18)24-23(27)21-17-20(31(28,29)26-13-15-30-16-14-26)9-10-22(21)25-11-3-2-4-12-25/h9-10,17-19H,2-8,11-16H2,1H3,(H,24,27). The number of rotatable bonds is 5. The number of hydrogen-bond donors (Lipinski definition) is 1. The number of hydrogen-bond acceptors (Lipinski definition) is 5. The average molecular weight is 450 g/mol. The minimum absolute atomic E-state index is 0.154. The Morgan fingerprint density at radius 3 is 2.35 bits per heavy atom. The number of amides is 1. The van der Waals surface area contributed by atoms with Crippen molar-refractivity contribution >= 4 is 21.6 Å². The van der Waals surface area contributed by atoms with Crippen molar-refractivity contribution in [1.29, 1.82) is 0 Å². The molecule has 1 saturated carbocycles.